The lowest BCUT2D eigenvalue weighted by Gasteiger charge is -2.35. The maximum absolute atomic E-state index is 5.31. The van der Waals surface area contributed by atoms with Crippen LogP contribution in [0.25, 0.3) is 0 Å². The predicted molar refractivity (Wildman–Crippen MR) is 81.0 cm³/mol. The van der Waals surface area contributed by atoms with E-state index in [1.165, 1.54) is 0 Å². The standard InChI is InChI=1S/C14H23N3OS/c1-11(2)17-7-5-12(6-8-17)16-14(19)15-10-13-4-3-9-18-13/h3-4,9,11-12H,5-8,10H2,1-2H3,(H2,15,16,19). The van der Waals surface area contributed by atoms with Crippen LogP contribution < -0.4 is 10.6 Å². The molecule has 0 spiro atoms. The summed E-state index contributed by atoms with van der Waals surface area (Å²) >= 11 is 5.31. The smallest absolute Gasteiger partial charge is 0.166 e. The minimum absolute atomic E-state index is 0.492. The maximum Gasteiger partial charge on any atom is 0.166 e. The van der Waals surface area contributed by atoms with Gasteiger partial charge in [-0.2, -0.15) is 0 Å². The molecule has 0 amide bonds. The fourth-order valence-corrected chi connectivity index (χ4v) is 2.62. The highest BCUT2D eigenvalue weighted by Gasteiger charge is 2.20. The Labute approximate surface area is 120 Å². The van der Waals surface area contributed by atoms with Gasteiger partial charge in [0.1, 0.15) is 5.76 Å². The second kappa shape index (κ2) is 6.91. The minimum atomic E-state index is 0.492. The zero-order valence-electron chi connectivity index (χ0n) is 11.7. The van der Waals surface area contributed by atoms with E-state index in [2.05, 4.69) is 29.4 Å². The van der Waals surface area contributed by atoms with Gasteiger partial charge in [-0.25, -0.2) is 0 Å². The Kier molecular flexibility index (Phi) is 5.22. The molecule has 1 fully saturated rings. The fourth-order valence-electron chi connectivity index (χ4n) is 2.38. The molecular formula is C14H23N3OS. The molecule has 1 aliphatic rings. The van der Waals surface area contributed by atoms with E-state index in [1.54, 1.807) is 6.26 Å². The van der Waals surface area contributed by atoms with E-state index in [0.29, 0.717) is 18.6 Å². The normalized spacial score (nSPS) is 17.6. The highest BCUT2D eigenvalue weighted by molar-refractivity contribution is 7.80. The first-order chi connectivity index (χ1) is 9.15. The molecular weight excluding hydrogens is 258 g/mol. The Hall–Kier alpha value is -1.07. The monoisotopic (exact) mass is 281 g/mol. The molecule has 2 heterocycles. The van der Waals surface area contributed by atoms with Gasteiger partial charge in [0.15, 0.2) is 5.11 Å². The van der Waals surface area contributed by atoms with E-state index in [4.69, 9.17) is 16.6 Å². The van der Waals surface area contributed by atoms with Gasteiger partial charge in [0.05, 0.1) is 12.8 Å². The molecule has 5 heteroatoms. The molecule has 1 aromatic heterocycles. The lowest BCUT2D eigenvalue weighted by atomic mass is 10.0. The molecule has 2 N–H and O–H groups in total. The van der Waals surface area contributed by atoms with Gasteiger partial charge in [0.2, 0.25) is 0 Å². The number of piperidine rings is 1. The van der Waals surface area contributed by atoms with Gasteiger partial charge in [0.25, 0.3) is 0 Å². The zero-order valence-corrected chi connectivity index (χ0v) is 12.5. The van der Waals surface area contributed by atoms with Gasteiger partial charge < -0.3 is 20.0 Å². The summed E-state index contributed by atoms with van der Waals surface area (Å²) in [4.78, 5) is 2.51. The minimum Gasteiger partial charge on any atom is -0.467 e. The van der Waals surface area contributed by atoms with E-state index in [9.17, 15) is 0 Å². The van der Waals surface area contributed by atoms with Crippen molar-refractivity contribution in [3.63, 3.8) is 0 Å². The molecule has 1 aliphatic heterocycles. The van der Waals surface area contributed by atoms with E-state index in [1.807, 2.05) is 12.1 Å². The van der Waals surface area contributed by atoms with E-state index < -0.39 is 0 Å². The van der Waals surface area contributed by atoms with Gasteiger partial charge in [-0.1, -0.05) is 0 Å². The van der Waals surface area contributed by atoms with E-state index >= 15 is 0 Å². The van der Waals surface area contributed by atoms with Crippen LogP contribution in [0.4, 0.5) is 0 Å². The van der Waals surface area contributed by atoms with Crippen molar-refractivity contribution in [2.75, 3.05) is 13.1 Å². The summed E-state index contributed by atoms with van der Waals surface area (Å²) in [6, 6.07) is 4.96. The van der Waals surface area contributed by atoms with Gasteiger partial charge in [-0.15, -0.1) is 0 Å². The molecule has 4 nitrogen and oxygen atoms in total. The molecule has 0 bridgehead atoms. The number of thiocarbonyl (C=S) groups is 1. The first kappa shape index (κ1) is 14.3. The average molecular weight is 281 g/mol. The number of hydrogen-bond donors (Lipinski definition) is 2. The lowest BCUT2D eigenvalue weighted by Crippen LogP contribution is -2.48. The molecule has 0 radical (unpaired) electrons. The van der Waals surface area contributed by atoms with Gasteiger partial charge in [-0.3, -0.25) is 0 Å². The summed E-state index contributed by atoms with van der Waals surface area (Å²) in [7, 11) is 0. The van der Waals surface area contributed by atoms with Crippen LogP contribution in [0.5, 0.6) is 0 Å². The van der Waals surface area contributed by atoms with E-state index in [0.717, 1.165) is 36.8 Å². The zero-order chi connectivity index (χ0) is 13.7. The molecule has 2 rings (SSSR count). The summed E-state index contributed by atoms with van der Waals surface area (Å²) < 4.78 is 5.26. The summed E-state index contributed by atoms with van der Waals surface area (Å²) in [6.07, 6.45) is 3.98. The lowest BCUT2D eigenvalue weighted by molar-refractivity contribution is 0.167. The van der Waals surface area contributed by atoms with Gasteiger partial charge >= 0.3 is 0 Å². The molecule has 19 heavy (non-hydrogen) atoms. The third-order valence-electron chi connectivity index (χ3n) is 3.60. The van der Waals surface area contributed by atoms with Crippen molar-refractivity contribution in [1.29, 1.82) is 0 Å². The average Bonchev–Trinajstić information content (AvgIpc) is 2.90. The molecule has 0 unspecified atom stereocenters. The number of furan rings is 1. The van der Waals surface area contributed by atoms with Crippen molar-refractivity contribution in [2.24, 2.45) is 0 Å². The van der Waals surface area contributed by atoms with Crippen LogP contribution in [0.1, 0.15) is 32.4 Å². The molecule has 0 atom stereocenters. The molecule has 0 aromatic carbocycles. The highest BCUT2D eigenvalue weighted by Crippen LogP contribution is 2.12. The van der Waals surface area contributed by atoms with Crippen molar-refractivity contribution >= 4 is 17.3 Å². The number of nitrogens with zero attached hydrogens (tertiary/aromatic N) is 1. The molecule has 0 aliphatic carbocycles. The van der Waals surface area contributed by atoms with E-state index in [-0.39, 0.29) is 0 Å². The second-order valence-electron chi connectivity index (χ2n) is 5.31. The number of rotatable bonds is 4. The van der Waals surface area contributed by atoms with Crippen molar-refractivity contribution in [2.45, 2.75) is 45.3 Å². The third kappa shape index (κ3) is 4.51. The molecule has 1 aromatic rings. The maximum atomic E-state index is 5.31. The van der Waals surface area contributed by atoms with Crippen LogP contribution >= 0.6 is 12.2 Å². The Morgan fingerprint density at radius 2 is 2.21 bits per heavy atom. The SMILES string of the molecule is CC(C)N1CCC(NC(=S)NCc2ccco2)CC1. The highest BCUT2D eigenvalue weighted by atomic mass is 32.1. The fraction of sp³-hybridized carbons (Fsp3) is 0.643. The van der Waals surface area contributed by atoms with Crippen LogP contribution in [0.2, 0.25) is 0 Å². The third-order valence-corrected chi connectivity index (χ3v) is 3.86. The van der Waals surface area contributed by atoms with Crippen molar-refractivity contribution in [1.82, 2.24) is 15.5 Å². The topological polar surface area (TPSA) is 40.4 Å². The largest absolute Gasteiger partial charge is 0.467 e. The van der Waals surface area contributed by atoms with Gasteiger partial charge in [-0.05, 0) is 51.0 Å². The van der Waals surface area contributed by atoms with Crippen molar-refractivity contribution in [3.8, 4) is 0 Å². The molecule has 106 valence electrons. The second-order valence-corrected chi connectivity index (χ2v) is 5.72. The first-order valence-corrected chi connectivity index (χ1v) is 7.37. The first-order valence-electron chi connectivity index (χ1n) is 6.96. The Bertz CT molecular complexity index is 383. The number of nitrogens with one attached hydrogen (secondary N) is 2. The molecule has 0 saturated carbocycles. The number of hydrogen-bond acceptors (Lipinski definition) is 3. The summed E-state index contributed by atoms with van der Waals surface area (Å²) in [5, 5.41) is 7.29. The Morgan fingerprint density at radius 3 is 2.79 bits per heavy atom. The van der Waals surface area contributed by atoms with Crippen molar-refractivity contribution in [3.05, 3.63) is 24.2 Å². The molecule has 1 saturated heterocycles. The number of likely N-dealkylation sites (tertiary alicyclic amines) is 1. The van der Waals surface area contributed by atoms with Crippen LogP contribution in [0.3, 0.4) is 0 Å². The van der Waals surface area contributed by atoms with Crippen LogP contribution in [0, 0.1) is 0 Å². The van der Waals surface area contributed by atoms with Crippen LogP contribution in [-0.2, 0) is 6.54 Å². The van der Waals surface area contributed by atoms with Crippen LogP contribution in [-0.4, -0.2) is 35.2 Å². The summed E-state index contributed by atoms with van der Waals surface area (Å²) in [5.74, 6) is 0.902. The predicted octanol–water partition coefficient (Wildman–Crippen LogP) is 2.12. The van der Waals surface area contributed by atoms with Gasteiger partial charge in [0, 0.05) is 25.2 Å². The Balaban J connectivity index is 1.66. The summed E-state index contributed by atoms with van der Waals surface area (Å²) in [5.41, 5.74) is 0. The Morgan fingerprint density at radius 1 is 1.47 bits per heavy atom. The van der Waals surface area contributed by atoms with Crippen molar-refractivity contribution < 1.29 is 4.42 Å². The quantitative estimate of drug-likeness (QED) is 0.827. The summed E-state index contributed by atoms with van der Waals surface area (Å²) in [6.45, 7) is 7.45. The van der Waals surface area contributed by atoms with Crippen LogP contribution in [0.15, 0.2) is 22.8 Å².